The van der Waals surface area contributed by atoms with Gasteiger partial charge in [-0.3, -0.25) is 0 Å². The van der Waals surface area contributed by atoms with Crippen molar-refractivity contribution in [2.45, 2.75) is 63.0 Å². The molecule has 2 bridgehead atoms. The lowest BCUT2D eigenvalue weighted by molar-refractivity contribution is 0.0252. The maximum absolute atomic E-state index is 17.1. The highest BCUT2D eigenvalue weighted by atomic mass is 35.5. The number of fused-ring (bicyclic) bond motifs is 4. The normalized spacial score (nSPS) is 24.5. The van der Waals surface area contributed by atoms with Crippen LogP contribution in [-0.4, -0.2) is 77.3 Å². The lowest BCUT2D eigenvalue weighted by atomic mass is 9.92. The molecule has 0 radical (unpaired) electrons. The number of terminal acetylenes is 1. The Labute approximate surface area is 298 Å². The third-order valence-corrected chi connectivity index (χ3v) is 12.5. The van der Waals surface area contributed by atoms with Gasteiger partial charge in [0.15, 0.2) is 5.82 Å². The number of phenols is 1. The zero-order valence-electron chi connectivity index (χ0n) is 27.3. The molecule has 2 aliphatic carbocycles. The second-order valence-corrected chi connectivity index (χ2v) is 16.0. The van der Waals surface area contributed by atoms with Gasteiger partial charge in [-0.1, -0.05) is 35.2 Å². The SMILES string of the molecule is C#Cc1c(Cl)ccc2cc(O)cc(-c3c(Cl)cc4c(N5CC6CCC(C5)N6)nc(OCC5(CN6CCC7(CC6)CC7(F)F)CC5)nc4c3F)c12. The fraction of sp³-hybridized carbons (Fsp3) is 0.474. The van der Waals surface area contributed by atoms with Gasteiger partial charge in [0.25, 0.3) is 5.92 Å². The number of rotatable bonds is 7. The summed E-state index contributed by atoms with van der Waals surface area (Å²) < 4.78 is 51.4. The maximum Gasteiger partial charge on any atom is 0.319 e. The summed E-state index contributed by atoms with van der Waals surface area (Å²) in [7, 11) is 0. The molecular formula is C38H36Cl2F3N5O2. The van der Waals surface area contributed by atoms with E-state index in [1.165, 1.54) is 6.07 Å². The largest absolute Gasteiger partial charge is 0.508 e. The van der Waals surface area contributed by atoms with Gasteiger partial charge in [-0.2, -0.15) is 9.97 Å². The first-order valence-corrected chi connectivity index (χ1v) is 18.1. The summed E-state index contributed by atoms with van der Waals surface area (Å²) in [6.45, 7) is 3.81. The molecule has 5 fully saturated rings. The topological polar surface area (TPSA) is 73.8 Å². The number of likely N-dealkylation sites (tertiary alicyclic amines) is 1. The third kappa shape index (κ3) is 5.35. The number of halogens is 5. The minimum absolute atomic E-state index is 0.0161. The molecule has 4 heterocycles. The molecule has 1 aromatic heterocycles. The van der Waals surface area contributed by atoms with Gasteiger partial charge in [0, 0.05) is 65.3 Å². The summed E-state index contributed by atoms with van der Waals surface area (Å²) in [5.74, 6) is -0.105. The number of nitrogens with zero attached hydrogens (tertiary/aromatic N) is 4. The van der Waals surface area contributed by atoms with Gasteiger partial charge in [-0.15, -0.1) is 6.42 Å². The Morgan fingerprint density at radius 1 is 1.02 bits per heavy atom. The lowest BCUT2D eigenvalue weighted by Crippen LogP contribution is -2.51. The van der Waals surface area contributed by atoms with E-state index in [9.17, 15) is 13.9 Å². The van der Waals surface area contributed by atoms with Crippen molar-refractivity contribution in [3.05, 3.63) is 51.8 Å². The second-order valence-electron chi connectivity index (χ2n) is 15.2. The van der Waals surface area contributed by atoms with E-state index in [1.807, 2.05) is 0 Å². The first-order valence-electron chi connectivity index (χ1n) is 17.3. The van der Waals surface area contributed by atoms with Crippen LogP contribution < -0.4 is 15.0 Å². The van der Waals surface area contributed by atoms with Crippen LogP contribution in [-0.2, 0) is 0 Å². The van der Waals surface area contributed by atoms with Crippen molar-refractivity contribution in [1.29, 1.82) is 0 Å². The van der Waals surface area contributed by atoms with Gasteiger partial charge in [0.1, 0.15) is 17.1 Å². The zero-order chi connectivity index (χ0) is 34.6. The van der Waals surface area contributed by atoms with Crippen LogP contribution in [0.2, 0.25) is 10.0 Å². The highest BCUT2D eigenvalue weighted by Gasteiger charge is 2.70. The van der Waals surface area contributed by atoms with Crippen LogP contribution in [0.5, 0.6) is 11.8 Å². The Morgan fingerprint density at radius 2 is 1.74 bits per heavy atom. The number of piperazine rings is 1. The van der Waals surface area contributed by atoms with E-state index in [2.05, 4.69) is 26.0 Å². The highest BCUT2D eigenvalue weighted by molar-refractivity contribution is 6.36. The average Bonchev–Trinajstić information content (AvgIpc) is 3.93. The molecular weight excluding hydrogens is 686 g/mol. The molecule has 3 saturated heterocycles. The Hall–Kier alpha value is -3.49. The van der Waals surface area contributed by atoms with E-state index in [-0.39, 0.29) is 39.7 Å². The molecule has 9 rings (SSSR count). The van der Waals surface area contributed by atoms with Gasteiger partial charge in [0.2, 0.25) is 0 Å². The Kier molecular flexibility index (Phi) is 7.46. The van der Waals surface area contributed by atoms with Crippen molar-refractivity contribution >= 4 is 50.7 Å². The maximum atomic E-state index is 17.1. The van der Waals surface area contributed by atoms with Crippen molar-refractivity contribution in [2.75, 3.05) is 44.2 Å². The summed E-state index contributed by atoms with van der Waals surface area (Å²) in [4.78, 5) is 14.0. The minimum Gasteiger partial charge on any atom is -0.508 e. The molecule has 4 aromatic rings. The number of aromatic hydroxyl groups is 1. The van der Waals surface area contributed by atoms with Crippen LogP contribution in [0.25, 0.3) is 32.8 Å². The van der Waals surface area contributed by atoms with E-state index in [4.69, 9.17) is 39.3 Å². The summed E-state index contributed by atoms with van der Waals surface area (Å²) in [5.41, 5.74) is -0.168. The number of anilines is 1. The molecule has 12 heteroatoms. The van der Waals surface area contributed by atoms with Crippen LogP contribution in [0.3, 0.4) is 0 Å². The summed E-state index contributed by atoms with van der Waals surface area (Å²) in [6.07, 6.45) is 10.9. The van der Waals surface area contributed by atoms with Gasteiger partial charge >= 0.3 is 6.01 Å². The molecule has 50 heavy (non-hydrogen) atoms. The molecule has 3 aliphatic heterocycles. The number of aromatic nitrogens is 2. The minimum atomic E-state index is -2.52. The van der Waals surface area contributed by atoms with Gasteiger partial charge < -0.3 is 25.0 Å². The zero-order valence-corrected chi connectivity index (χ0v) is 28.9. The quantitative estimate of drug-likeness (QED) is 0.189. The fourth-order valence-corrected chi connectivity index (χ4v) is 9.23. The standard InChI is InChI=1S/C38H36Cl2F3N5O2/c1-2-25-28(39)6-3-21-13-24(49)14-26(30(21)25)31-29(40)15-27-33(32(31)41)45-35(46-34(27)48-16-22-4-5-23(17-48)44-22)50-20-36(7-8-36)19-47-11-9-37(10-12-47)18-38(37,42)43/h1,3,6,13-15,22-23,44,49H,4-5,7-12,16-20H2. The first kappa shape index (κ1) is 32.4. The number of piperidine rings is 1. The molecule has 2 N–H and O–H groups in total. The van der Waals surface area contributed by atoms with Gasteiger partial charge in [0.05, 0.1) is 22.2 Å². The molecule has 260 valence electrons. The number of phenolic OH excluding ortho intramolecular Hbond substituents is 1. The van der Waals surface area contributed by atoms with E-state index < -0.39 is 17.2 Å². The Bertz CT molecular complexity index is 2100. The second kappa shape index (κ2) is 11.5. The molecule has 3 aromatic carbocycles. The molecule has 1 spiro atoms. The van der Waals surface area contributed by atoms with Crippen LogP contribution in [0.1, 0.15) is 50.5 Å². The van der Waals surface area contributed by atoms with E-state index in [1.54, 1.807) is 24.3 Å². The highest BCUT2D eigenvalue weighted by Crippen LogP contribution is 2.66. The van der Waals surface area contributed by atoms with Crippen LogP contribution >= 0.6 is 23.2 Å². The van der Waals surface area contributed by atoms with E-state index in [0.717, 1.165) is 32.2 Å². The van der Waals surface area contributed by atoms with Crippen molar-refractivity contribution in [2.24, 2.45) is 10.8 Å². The van der Waals surface area contributed by atoms with E-state index >= 15 is 4.39 Å². The van der Waals surface area contributed by atoms with Crippen molar-refractivity contribution in [3.8, 4) is 35.2 Å². The monoisotopic (exact) mass is 721 g/mol. The van der Waals surface area contributed by atoms with Crippen LogP contribution in [0.15, 0.2) is 30.3 Å². The third-order valence-electron chi connectivity index (χ3n) is 11.9. The molecule has 2 saturated carbocycles. The molecule has 2 atom stereocenters. The summed E-state index contributed by atoms with van der Waals surface area (Å²) in [5, 5.41) is 16.3. The van der Waals surface area contributed by atoms with E-state index in [0.29, 0.717) is 95.8 Å². The van der Waals surface area contributed by atoms with Crippen molar-refractivity contribution < 1.29 is 23.0 Å². The van der Waals surface area contributed by atoms with Crippen molar-refractivity contribution in [3.63, 3.8) is 0 Å². The fourth-order valence-electron chi connectivity index (χ4n) is 8.72. The Balaban J connectivity index is 1.09. The number of ether oxygens (including phenoxy) is 1. The number of alkyl halides is 2. The van der Waals surface area contributed by atoms with Crippen LogP contribution in [0, 0.1) is 29.0 Å². The van der Waals surface area contributed by atoms with Gasteiger partial charge in [-0.05, 0) is 86.8 Å². The predicted molar refractivity (Wildman–Crippen MR) is 189 cm³/mol. The summed E-state index contributed by atoms with van der Waals surface area (Å²) in [6, 6.07) is 8.69. The number of nitrogens with one attached hydrogen (secondary N) is 1. The number of benzene rings is 3. The Morgan fingerprint density at radius 3 is 2.40 bits per heavy atom. The van der Waals surface area contributed by atoms with Gasteiger partial charge in [-0.25, -0.2) is 13.2 Å². The molecule has 0 amide bonds. The number of hydrogen-bond donors (Lipinski definition) is 2. The smallest absolute Gasteiger partial charge is 0.319 e. The molecule has 5 aliphatic rings. The number of hydrogen-bond acceptors (Lipinski definition) is 7. The summed E-state index contributed by atoms with van der Waals surface area (Å²) >= 11 is 13.4. The average molecular weight is 723 g/mol. The predicted octanol–water partition coefficient (Wildman–Crippen LogP) is 7.80. The molecule has 2 unspecified atom stereocenters. The van der Waals surface area contributed by atoms with Crippen LogP contribution in [0.4, 0.5) is 19.0 Å². The lowest BCUT2D eigenvalue weighted by Gasteiger charge is -2.35. The molecule has 7 nitrogen and oxygen atoms in total. The first-order chi connectivity index (χ1) is 24.0. The van der Waals surface area contributed by atoms with Crippen molar-refractivity contribution in [1.82, 2.24) is 20.2 Å².